The molecule has 1 aliphatic rings. The Labute approximate surface area is 156 Å². The summed E-state index contributed by atoms with van der Waals surface area (Å²) in [6, 6.07) is 10.0. The van der Waals surface area contributed by atoms with Crippen molar-refractivity contribution in [2.75, 3.05) is 18.7 Å². The summed E-state index contributed by atoms with van der Waals surface area (Å²) in [4.78, 5) is 0.292. The molecule has 0 bridgehead atoms. The Morgan fingerprint density at radius 2 is 1.89 bits per heavy atom. The van der Waals surface area contributed by atoms with Crippen molar-refractivity contribution in [3.8, 4) is 5.75 Å². The zero-order valence-corrected chi connectivity index (χ0v) is 15.3. The highest BCUT2D eigenvalue weighted by atomic mass is 32.2. The minimum absolute atomic E-state index is 0.114. The van der Waals surface area contributed by atoms with Gasteiger partial charge in [0, 0.05) is 12.3 Å². The van der Waals surface area contributed by atoms with Gasteiger partial charge in [0.05, 0.1) is 19.3 Å². The third-order valence-electron chi connectivity index (χ3n) is 4.32. The van der Waals surface area contributed by atoms with Crippen LogP contribution in [-0.2, 0) is 19.6 Å². The largest absolute Gasteiger partial charge is 0.497 e. The van der Waals surface area contributed by atoms with Gasteiger partial charge in [0.1, 0.15) is 11.6 Å². The van der Waals surface area contributed by atoms with E-state index in [2.05, 4.69) is 0 Å². The van der Waals surface area contributed by atoms with E-state index in [9.17, 15) is 21.8 Å². The predicted molar refractivity (Wildman–Crippen MR) is 93.6 cm³/mol. The monoisotopic (exact) mass is 404 g/mol. The number of nitrogens with zero attached hydrogens (tertiary/aromatic N) is 1. The third-order valence-corrected chi connectivity index (χ3v) is 5.38. The van der Waals surface area contributed by atoms with Crippen LogP contribution in [0.25, 0.3) is 0 Å². The Hall–Kier alpha value is -2.13. The van der Waals surface area contributed by atoms with E-state index in [1.54, 1.807) is 18.2 Å². The van der Waals surface area contributed by atoms with Crippen molar-refractivity contribution in [1.82, 2.24) is 0 Å². The SMILES string of the molecule is COc1ccc2c(c1)C(CCC(F)(F)F)CN2O[SH+](=O)c1ccc(F)cc1. The van der Waals surface area contributed by atoms with Crippen molar-refractivity contribution in [1.29, 1.82) is 0 Å². The number of halogens is 4. The molecule has 2 atom stereocenters. The summed E-state index contributed by atoms with van der Waals surface area (Å²) < 4.78 is 74.0. The van der Waals surface area contributed by atoms with Crippen molar-refractivity contribution in [2.24, 2.45) is 0 Å². The molecular formula is C18H18F4NO3S+. The molecular weight excluding hydrogens is 386 g/mol. The average Bonchev–Trinajstić information content (AvgIpc) is 2.96. The van der Waals surface area contributed by atoms with Crippen LogP contribution in [0, 0.1) is 5.82 Å². The summed E-state index contributed by atoms with van der Waals surface area (Å²) in [7, 11) is 1.47. The van der Waals surface area contributed by atoms with Gasteiger partial charge >= 0.3 is 6.18 Å². The molecule has 27 heavy (non-hydrogen) atoms. The van der Waals surface area contributed by atoms with Gasteiger partial charge in [-0.25, -0.2) is 9.45 Å². The quantitative estimate of drug-likeness (QED) is 0.398. The smallest absolute Gasteiger partial charge is 0.389 e. The van der Waals surface area contributed by atoms with Crippen LogP contribution in [-0.4, -0.2) is 19.8 Å². The van der Waals surface area contributed by atoms with Crippen molar-refractivity contribution in [2.45, 2.75) is 29.8 Å². The maximum absolute atomic E-state index is 13.0. The number of anilines is 1. The van der Waals surface area contributed by atoms with Gasteiger partial charge in [0.15, 0.2) is 4.90 Å². The van der Waals surface area contributed by atoms with E-state index < -0.39 is 35.4 Å². The molecule has 1 heterocycles. The van der Waals surface area contributed by atoms with E-state index in [0.29, 0.717) is 21.9 Å². The lowest BCUT2D eigenvalue weighted by molar-refractivity contribution is -0.136. The lowest BCUT2D eigenvalue weighted by Crippen LogP contribution is -2.24. The van der Waals surface area contributed by atoms with Gasteiger partial charge in [-0.3, -0.25) is 0 Å². The summed E-state index contributed by atoms with van der Waals surface area (Å²) in [5, 5.41) is 1.35. The van der Waals surface area contributed by atoms with Crippen molar-refractivity contribution >= 4 is 16.8 Å². The number of rotatable bonds is 6. The lowest BCUT2D eigenvalue weighted by atomic mass is 9.96. The first-order chi connectivity index (χ1) is 12.8. The molecule has 0 fully saturated rings. The van der Waals surface area contributed by atoms with Crippen LogP contribution in [0.5, 0.6) is 5.75 Å². The van der Waals surface area contributed by atoms with Crippen molar-refractivity contribution < 1.29 is 30.8 Å². The van der Waals surface area contributed by atoms with E-state index in [-0.39, 0.29) is 13.0 Å². The van der Waals surface area contributed by atoms with Gasteiger partial charge in [-0.15, -0.1) is 0 Å². The van der Waals surface area contributed by atoms with Gasteiger partial charge in [-0.1, -0.05) is 4.21 Å². The van der Waals surface area contributed by atoms with Gasteiger partial charge in [-0.2, -0.15) is 13.2 Å². The fourth-order valence-corrected chi connectivity index (χ4v) is 3.79. The Bertz CT molecular complexity index is 826. The van der Waals surface area contributed by atoms with Crippen LogP contribution in [0.1, 0.15) is 24.3 Å². The molecule has 3 rings (SSSR count). The summed E-state index contributed by atoms with van der Waals surface area (Å²) in [6.07, 6.45) is -5.30. The average molecular weight is 404 g/mol. The zero-order chi connectivity index (χ0) is 19.6. The maximum Gasteiger partial charge on any atom is 0.389 e. The van der Waals surface area contributed by atoms with E-state index in [4.69, 9.17) is 9.02 Å². The minimum atomic E-state index is -4.26. The van der Waals surface area contributed by atoms with Crippen molar-refractivity contribution in [3.05, 3.63) is 53.8 Å². The van der Waals surface area contributed by atoms with Gasteiger partial charge in [0.25, 0.3) is 11.1 Å². The van der Waals surface area contributed by atoms with Crippen LogP contribution in [0.2, 0.25) is 0 Å². The number of hydroxylamine groups is 1. The predicted octanol–water partition coefficient (Wildman–Crippen LogP) is 4.68. The summed E-state index contributed by atoms with van der Waals surface area (Å²) >= 11 is -2.33. The highest BCUT2D eigenvalue weighted by Crippen LogP contribution is 2.42. The Morgan fingerprint density at radius 3 is 2.52 bits per heavy atom. The highest BCUT2D eigenvalue weighted by Gasteiger charge is 2.36. The van der Waals surface area contributed by atoms with E-state index in [1.807, 2.05) is 0 Å². The van der Waals surface area contributed by atoms with Crippen LogP contribution in [0.3, 0.4) is 0 Å². The third kappa shape index (κ3) is 4.78. The van der Waals surface area contributed by atoms with Gasteiger partial charge < -0.3 is 4.74 Å². The Balaban J connectivity index is 1.80. The van der Waals surface area contributed by atoms with E-state index >= 15 is 0 Å². The molecule has 146 valence electrons. The summed E-state index contributed by atoms with van der Waals surface area (Å²) in [5.74, 6) is -0.378. The first kappa shape index (κ1) is 19.6. The van der Waals surface area contributed by atoms with Gasteiger partial charge in [-0.05, 0) is 58.7 Å². The number of ether oxygens (including phenoxy) is 1. The number of thiol groups is 1. The molecule has 2 aromatic carbocycles. The van der Waals surface area contributed by atoms with Gasteiger partial charge in [0.2, 0.25) is 0 Å². The highest BCUT2D eigenvalue weighted by molar-refractivity contribution is 7.80. The molecule has 4 nitrogen and oxygen atoms in total. The van der Waals surface area contributed by atoms with E-state index in [0.717, 1.165) is 0 Å². The molecule has 9 heteroatoms. The summed E-state index contributed by atoms with van der Waals surface area (Å²) in [5.41, 5.74) is 1.20. The lowest BCUT2D eigenvalue weighted by Gasteiger charge is -2.14. The Morgan fingerprint density at radius 1 is 1.19 bits per heavy atom. The second-order valence-electron chi connectivity index (χ2n) is 6.15. The molecule has 0 radical (unpaired) electrons. The summed E-state index contributed by atoms with van der Waals surface area (Å²) in [6.45, 7) is 0.140. The topological polar surface area (TPSA) is 38.8 Å². The molecule has 0 saturated carbocycles. The number of hydrogen-bond acceptors (Lipinski definition) is 4. The minimum Gasteiger partial charge on any atom is -0.497 e. The number of methoxy groups -OCH3 is 1. The van der Waals surface area contributed by atoms with Crippen LogP contribution in [0.15, 0.2) is 47.4 Å². The molecule has 2 aromatic rings. The normalized spacial score (nSPS) is 17.7. The first-order valence-corrected chi connectivity index (χ1v) is 9.38. The van der Waals surface area contributed by atoms with Crippen LogP contribution < -0.4 is 9.80 Å². The molecule has 0 amide bonds. The second-order valence-corrected chi connectivity index (χ2v) is 7.35. The molecule has 0 aromatic heterocycles. The van der Waals surface area contributed by atoms with Crippen LogP contribution in [0.4, 0.5) is 23.2 Å². The fourth-order valence-electron chi connectivity index (χ4n) is 2.97. The fraction of sp³-hybridized carbons (Fsp3) is 0.333. The molecule has 0 N–H and O–H groups in total. The zero-order valence-electron chi connectivity index (χ0n) is 14.4. The molecule has 0 spiro atoms. The number of alkyl halides is 3. The van der Waals surface area contributed by atoms with Crippen molar-refractivity contribution in [3.63, 3.8) is 0 Å². The molecule has 2 unspecified atom stereocenters. The number of benzene rings is 2. The Kier molecular flexibility index (Phi) is 5.71. The molecule has 0 saturated heterocycles. The van der Waals surface area contributed by atoms with E-state index in [1.165, 1.54) is 36.4 Å². The second kappa shape index (κ2) is 7.85. The molecule has 1 aliphatic heterocycles. The standard InChI is InChI=1S/C18H17F4NO3S/c1-25-14-4-7-17-16(10-14)12(8-9-18(20,21)22)11-23(17)26-27(24)15-5-2-13(19)3-6-15/h2-7,10,12H,8-9,11H2,1H3/p+1. The number of fused-ring (bicyclic) bond motifs is 1. The molecule has 0 aliphatic carbocycles. The van der Waals surface area contributed by atoms with Crippen LogP contribution >= 0.6 is 0 Å². The first-order valence-electron chi connectivity index (χ1n) is 8.20. The maximum atomic E-state index is 13.0. The number of hydrogen-bond donors (Lipinski definition) is 0.